The summed E-state index contributed by atoms with van der Waals surface area (Å²) < 4.78 is 0. The van der Waals surface area contributed by atoms with Crippen molar-refractivity contribution in [3.05, 3.63) is 35.9 Å². The Morgan fingerprint density at radius 1 is 1.29 bits per heavy atom. The van der Waals surface area contributed by atoms with Crippen LogP contribution in [-0.4, -0.2) is 22.5 Å². The van der Waals surface area contributed by atoms with Crippen LogP contribution in [0.3, 0.4) is 0 Å². The summed E-state index contributed by atoms with van der Waals surface area (Å²) in [6.07, 6.45) is 0.334. The molecule has 1 atom stereocenters. The Hall–Kier alpha value is -1.55. The van der Waals surface area contributed by atoms with Crippen LogP contribution in [0.2, 0.25) is 0 Å². The minimum Gasteiger partial charge on any atom is -0.480 e. The zero-order valence-corrected chi connectivity index (χ0v) is 10.6. The monoisotopic (exact) mass is 257 g/mol. The Kier molecular flexibility index (Phi) is 5.68. The van der Waals surface area contributed by atoms with Crippen LogP contribution >= 0.6 is 12.4 Å². The van der Waals surface area contributed by atoms with Crippen LogP contribution in [0.25, 0.3) is 0 Å². The van der Waals surface area contributed by atoms with E-state index in [1.807, 2.05) is 0 Å². The van der Waals surface area contributed by atoms with E-state index in [1.54, 1.807) is 37.3 Å². The molecule has 5 heteroatoms. The van der Waals surface area contributed by atoms with Gasteiger partial charge in [-0.2, -0.15) is 0 Å². The number of aliphatic carboxylic acids is 1. The van der Waals surface area contributed by atoms with E-state index in [0.29, 0.717) is 12.0 Å². The molecule has 0 aliphatic carbocycles. The molecule has 1 amide bonds. The number of benzene rings is 1. The summed E-state index contributed by atoms with van der Waals surface area (Å²) in [6.45, 7) is 3.22. The Morgan fingerprint density at radius 3 is 2.24 bits per heavy atom. The van der Waals surface area contributed by atoms with Gasteiger partial charge in [0.1, 0.15) is 5.54 Å². The van der Waals surface area contributed by atoms with Gasteiger partial charge in [0, 0.05) is 5.56 Å². The summed E-state index contributed by atoms with van der Waals surface area (Å²) in [5.74, 6) is -1.40. The Morgan fingerprint density at radius 2 is 1.82 bits per heavy atom. The van der Waals surface area contributed by atoms with Crippen LogP contribution in [-0.2, 0) is 4.79 Å². The predicted molar refractivity (Wildman–Crippen MR) is 67.5 cm³/mol. The molecule has 0 bridgehead atoms. The van der Waals surface area contributed by atoms with Crippen molar-refractivity contribution in [3.8, 4) is 0 Å². The van der Waals surface area contributed by atoms with Crippen LogP contribution in [0.4, 0.5) is 0 Å². The van der Waals surface area contributed by atoms with Gasteiger partial charge in [0.2, 0.25) is 0 Å². The molecular weight excluding hydrogens is 242 g/mol. The lowest BCUT2D eigenvalue weighted by Crippen LogP contribution is -2.51. The Bertz CT molecular complexity index is 394. The second-order valence-corrected chi connectivity index (χ2v) is 3.81. The van der Waals surface area contributed by atoms with Gasteiger partial charge < -0.3 is 10.4 Å². The summed E-state index contributed by atoms with van der Waals surface area (Å²) in [5, 5.41) is 11.5. The minimum atomic E-state index is -1.22. The average Bonchev–Trinajstić information content (AvgIpc) is 2.29. The number of nitrogens with one attached hydrogen (secondary N) is 1. The third-order valence-corrected chi connectivity index (χ3v) is 2.60. The second-order valence-electron chi connectivity index (χ2n) is 3.81. The normalized spacial score (nSPS) is 13.1. The maximum Gasteiger partial charge on any atom is 0.329 e. The van der Waals surface area contributed by atoms with Crippen molar-refractivity contribution in [1.82, 2.24) is 5.32 Å². The van der Waals surface area contributed by atoms with Crippen molar-refractivity contribution in [1.29, 1.82) is 0 Å². The van der Waals surface area contributed by atoms with Crippen molar-refractivity contribution in [2.45, 2.75) is 25.8 Å². The molecular formula is C12H16ClNO3. The molecule has 1 aromatic rings. The van der Waals surface area contributed by atoms with E-state index in [4.69, 9.17) is 5.11 Å². The van der Waals surface area contributed by atoms with Gasteiger partial charge in [0.15, 0.2) is 0 Å². The summed E-state index contributed by atoms with van der Waals surface area (Å²) in [4.78, 5) is 22.8. The van der Waals surface area contributed by atoms with Crippen molar-refractivity contribution in [3.63, 3.8) is 0 Å². The first kappa shape index (κ1) is 15.4. The van der Waals surface area contributed by atoms with Crippen molar-refractivity contribution in [2.24, 2.45) is 0 Å². The van der Waals surface area contributed by atoms with Crippen LogP contribution in [0.5, 0.6) is 0 Å². The molecule has 0 aromatic heterocycles. The highest BCUT2D eigenvalue weighted by atomic mass is 35.5. The van der Waals surface area contributed by atoms with Crippen LogP contribution in [0.1, 0.15) is 30.6 Å². The Labute approximate surface area is 106 Å². The highest BCUT2D eigenvalue weighted by molar-refractivity contribution is 5.97. The van der Waals surface area contributed by atoms with Gasteiger partial charge in [-0.25, -0.2) is 4.79 Å². The third-order valence-electron chi connectivity index (χ3n) is 2.60. The molecule has 1 aromatic carbocycles. The maximum atomic E-state index is 11.7. The fourth-order valence-electron chi connectivity index (χ4n) is 1.21. The number of carbonyl (C=O) groups excluding carboxylic acids is 1. The molecule has 0 fully saturated rings. The van der Waals surface area contributed by atoms with Crippen LogP contribution < -0.4 is 5.32 Å². The Balaban J connectivity index is 0.00000256. The number of amides is 1. The smallest absolute Gasteiger partial charge is 0.329 e. The summed E-state index contributed by atoms with van der Waals surface area (Å²) >= 11 is 0. The molecule has 0 saturated carbocycles. The minimum absolute atomic E-state index is 0. The number of rotatable bonds is 4. The van der Waals surface area contributed by atoms with Gasteiger partial charge in [-0.15, -0.1) is 12.4 Å². The first-order valence-corrected chi connectivity index (χ1v) is 5.10. The molecule has 4 nitrogen and oxygen atoms in total. The van der Waals surface area contributed by atoms with Gasteiger partial charge in [-0.3, -0.25) is 4.79 Å². The molecule has 1 unspecified atom stereocenters. The third kappa shape index (κ3) is 3.75. The molecule has 0 aliphatic rings. The number of halogens is 1. The lowest BCUT2D eigenvalue weighted by Gasteiger charge is -2.24. The van der Waals surface area contributed by atoms with E-state index in [0.717, 1.165) is 0 Å². The van der Waals surface area contributed by atoms with E-state index in [1.165, 1.54) is 6.92 Å². The molecule has 2 N–H and O–H groups in total. The molecule has 0 radical (unpaired) electrons. The van der Waals surface area contributed by atoms with Crippen molar-refractivity contribution in [2.75, 3.05) is 0 Å². The molecule has 94 valence electrons. The van der Waals surface area contributed by atoms with Gasteiger partial charge in [0.05, 0.1) is 0 Å². The fraction of sp³-hybridized carbons (Fsp3) is 0.333. The quantitative estimate of drug-likeness (QED) is 0.868. The standard InChI is InChI=1S/C12H15NO3.ClH/c1-3-12(2,11(15)16)13-10(14)9-7-5-4-6-8-9;/h4-8H,3H2,1-2H3,(H,13,14)(H,15,16);1H. The van der Waals surface area contributed by atoms with Crippen LogP contribution in [0.15, 0.2) is 30.3 Å². The molecule has 0 spiro atoms. The SMILES string of the molecule is CCC(C)(NC(=O)c1ccccc1)C(=O)O.Cl. The molecule has 0 saturated heterocycles. The van der Waals surface area contributed by atoms with Crippen molar-refractivity contribution < 1.29 is 14.7 Å². The first-order chi connectivity index (χ1) is 7.49. The van der Waals surface area contributed by atoms with E-state index in [-0.39, 0.29) is 18.3 Å². The van der Waals surface area contributed by atoms with Gasteiger partial charge in [-0.05, 0) is 25.5 Å². The highest BCUT2D eigenvalue weighted by Crippen LogP contribution is 2.11. The highest BCUT2D eigenvalue weighted by Gasteiger charge is 2.32. The number of hydrogen-bond donors (Lipinski definition) is 2. The maximum absolute atomic E-state index is 11.7. The topological polar surface area (TPSA) is 66.4 Å². The average molecular weight is 258 g/mol. The van der Waals surface area contributed by atoms with Crippen molar-refractivity contribution >= 4 is 24.3 Å². The van der Waals surface area contributed by atoms with E-state index in [2.05, 4.69) is 5.32 Å². The van der Waals surface area contributed by atoms with Crippen LogP contribution in [0, 0.1) is 0 Å². The molecule has 17 heavy (non-hydrogen) atoms. The van der Waals surface area contributed by atoms with Gasteiger partial charge >= 0.3 is 5.97 Å². The number of carboxylic acids is 1. The largest absolute Gasteiger partial charge is 0.480 e. The van der Waals surface area contributed by atoms with Gasteiger partial charge in [0.25, 0.3) is 5.91 Å². The number of carbonyl (C=O) groups is 2. The summed E-state index contributed by atoms with van der Waals surface area (Å²) in [7, 11) is 0. The van der Waals surface area contributed by atoms with E-state index < -0.39 is 11.5 Å². The zero-order valence-electron chi connectivity index (χ0n) is 9.77. The predicted octanol–water partition coefficient (Wildman–Crippen LogP) is 2.09. The fourth-order valence-corrected chi connectivity index (χ4v) is 1.21. The summed E-state index contributed by atoms with van der Waals surface area (Å²) in [5.41, 5.74) is -0.754. The molecule has 1 rings (SSSR count). The number of carboxylic acid groups (broad SMARTS) is 1. The lowest BCUT2D eigenvalue weighted by molar-refractivity contribution is -0.143. The van der Waals surface area contributed by atoms with E-state index >= 15 is 0 Å². The van der Waals surface area contributed by atoms with E-state index in [9.17, 15) is 9.59 Å². The molecule has 0 aliphatic heterocycles. The van der Waals surface area contributed by atoms with Gasteiger partial charge in [-0.1, -0.05) is 25.1 Å². The molecule has 0 heterocycles. The second kappa shape index (κ2) is 6.25. The lowest BCUT2D eigenvalue weighted by atomic mass is 9.98. The number of hydrogen-bond acceptors (Lipinski definition) is 2. The summed E-state index contributed by atoms with van der Waals surface area (Å²) in [6, 6.07) is 8.56. The first-order valence-electron chi connectivity index (χ1n) is 5.10. The zero-order chi connectivity index (χ0) is 12.2.